The van der Waals surface area contributed by atoms with Gasteiger partial charge in [-0.3, -0.25) is 4.40 Å². The van der Waals surface area contributed by atoms with Gasteiger partial charge in [-0.1, -0.05) is 12.5 Å². The van der Waals surface area contributed by atoms with Crippen LogP contribution in [0.15, 0.2) is 29.2 Å². The molecule has 2 aliphatic carbocycles. The van der Waals surface area contributed by atoms with Crippen molar-refractivity contribution in [2.24, 2.45) is 17.8 Å². The minimum absolute atomic E-state index is 0.00775. The van der Waals surface area contributed by atoms with Gasteiger partial charge in [0.1, 0.15) is 0 Å². The topological polar surface area (TPSA) is 39.3 Å². The largest absolute Gasteiger partial charge is 0.350 e. The second-order valence-corrected chi connectivity index (χ2v) is 5.83. The molecule has 2 aromatic rings. The van der Waals surface area contributed by atoms with Crippen molar-refractivity contribution in [3.8, 4) is 0 Å². The van der Waals surface area contributed by atoms with E-state index in [1.54, 1.807) is 15.3 Å². The Kier molecular flexibility index (Phi) is 2.13. The van der Waals surface area contributed by atoms with E-state index in [0.29, 0.717) is 5.92 Å². The quantitative estimate of drug-likeness (QED) is 0.808. The van der Waals surface area contributed by atoms with Crippen LogP contribution < -0.4 is 5.69 Å². The van der Waals surface area contributed by atoms with Crippen LogP contribution in [0.2, 0.25) is 0 Å². The summed E-state index contributed by atoms with van der Waals surface area (Å²) in [4.78, 5) is 12.2. The highest BCUT2D eigenvalue weighted by molar-refractivity contribution is 5.35. The summed E-state index contributed by atoms with van der Waals surface area (Å²) in [7, 11) is 0. The fraction of sp³-hybridized carbons (Fsp3) is 0.571. The Bertz CT molecular complexity index is 642. The Morgan fingerprint density at radius 2 is 2.22 bits per heavy atom. The van der Waals surface area contributed by atoms with Gasteiger partial charge in [-0.25, -0.2) is 9.48 Å². The number of rotatable bonds is 2. The number of hydrogen-bond donors (Lipinski definition) is 0. The van der Waals surface area contributed by atoms with E-state index >= 15 is 0 Å². The molecule has 4 nitrogen and oxygen atoms in total. The molecule has 3 unspecified atom stereocenters. The third kappa shape index (κ3) is 1.44. The highest BCUT2D eigenvalue weighted by Gasteiger charge is 2.39. The summed E-state index contributed by atoms with van der Waals surface area (Å²) in [6.07, 6.45) is 7.23. The smallest absolute Gasteiger partial charge is 0.250 e. The summed E-state index contributed by atoms with van der Waals surface area (Å²) in [5, 5.41) is 4.43. The molecule has 2 aromatic heterocycles. The van der Waals surface area contributed by atoms with Crippen molar-refractivity contribution in [1.82, 2.24) is 14.2 Å². The van der Waals surface area contributed by atoms with Gasteiger partial charge in [0.15, 0.2) is 5.65 Å². The second kappa shape index (κ2) is 3.70. The highest BCUT2D eigenvalue weighted by atomic mass is 16.2. The van der Waals surface area contributed by atoms with Crippen molar-refractivity contribution in [2.45, 2.75) is 32.2 Å². The molecule has 0 N–H and O–H groups in total. The van der Waals surface area contributed by atoms with Crippen LogP contribution in [-0.4, -0.2) is 14.2 Å². The van der Waals surface area contributed by atoms with Gasteiger partial charge in [0.05, 0.1) is 0 Å². The van der Waals surface area contributed by atoms with E-state index in [1.165, 1.54) is 25.7 Å². The Labute approximate surface area is 105 Å². The molecular formula is C14H17N3O. The summed E-state index contributed by atoms with van der Waals surface area (Å²) < 4.78 is 3.30. The van der Waals surface area contributed by atoms with Crippen LogP contribution in [0.1, 0.15) is 25.7 Å². The first-order valence-corrected chi connectivity index (χ1v) is 6.85. The van der Waals surface area contributed by atoms with Gasteiger partial charge in [-0.15, -0.1) is 5.10 Å². The average molecular weight is 243 g/mol. The van der Waals surface area contributed by atoms with Gasteiger partial charge in [0, 0.05) is 12.7 Å². The first kappa shape index (κ1) is 10.4. The third-order valence-corrected chi connectivity index (χ3v) is 4.78. The molecule has 2 aliphatic rings. The van der Waals surface area contributed by atoms with Crippen LogP contribution in [-0.2, 0) is 6.54 Å². The Balaban J connectivity index is 1.67. The molecule has 4 heteroatoms. The molecule has 0 radical (unpaired) electrons. The monoisotopic (exact) mass is 243 g/mol. The van der Waals surface area contributed by atoms with Gasteiger partial charge < -0.3 is 0 Å². The molecule has 0 amide bonds. The highest BCUT2D eigenvalue weighted by Crippen LogP contribution is 2.48. The predicted molar refractivity (Wildman–Crippen MR) is 68.4 cm³/mol. The van der Waals surface area contributed by atoms with Crippen molar-refractivity contribution in [2.75, 3.05) is 0 Å². The molecule has 0 spiro atoms. The Morgan fingerprint density at radius 3 is 2.94 bits per heavy atom. The van der Waals surface area contributed by atoms with Gasteiger partial charge in [-0.2, -0.15) is 0 Å². The minimum atomic E-state index is 0.00775. The number of fused-ring (bicyclic) bond motifs is 3. The van der Waals surface area contributed by atoms with Crippen molar-refractivity contribution in [3.05, 3.63) is 34.9 Å². The van der Waals surface area contributed by atoms with Crippen LogP contribution in [0.5, 0.6) is 0 Å². The lowest BCUT2D eigenvalue weighted by molar-refractivity contribution is 0.282. The summed E-state index contributed by atoms with van der Waals surface area (Å²) in [6.45, 7) is 0.807. The zero-order valence-corrected chi connectivity index (χ0v) is 10.3. The van der Waals surface area contributed by atoms with Gasteiger partial charge in [-0.05, 0) is 49.1 Å². The maximum atomic E-state index is 12.2. The maximum absolute atomic E-state index is 12.2. The predicted octanol–water partition coefficient (Wildman–Crippen LogP) is 1.93. The first-order valence-electron chi connectivity index (χ1n) is 6.85. The normalized spacial score (nSPS) is 30.3. The summed E-state index contributed by atoms with van der Waals surface area (Å²) in [5.41, 5.74) is 0.763. The molecule has 2 bridgehead atoms. The van der Waals surface area contributed by atoms with E-state index in [-0.39, 0.29) is 5.69 Å². The first-order chi connectivity index (χ1) is 8.81. The molecule has 2 saturated carbocycles. The van der Waals surface area contributed by atoms with Crippen LogP contribution >= 0.6 is 0 Å². The number of pyridine rings is 1. The van der Waals surface area contributed by atoms with Crippen LogP contribution in [0, 0.1) is 17.8 Å². The van der Waals surface area contributed by atoms with Crippen LogP contribution in [0.4, 0.5) is 0 Å². The zero-order chi connectivity index (χ0) is 12.1. The molecule has 2 heterocycles. The van der Waals surface area contributed by atoms with Crippen LogP contribution in [0.25, 0.3) is 5.65 Å². The van der Waals surface area contributed by atoms with Gasteiger partial charge in [0.2, 0.25) is 0 Å². The third-order valence-electron chi connectivity index (χ3n) is 4.78. The average Bonchev–Trinajstić information content (AvgIpc) is 3.06. The fourth-order valence-electron chi connectivity index (χ4n) is 3.91. The van der Waals surface area contributed by atoms with E-state index in [0.717, 1.165) is 24.0 Å². The second-order valence-electron chi connectivity index (χ2n) is 5.83. The van der Waals surface area contributed by atoms with Gasteiger partial charge >= 0.3 is 5.69 Å². The summed E-state index contributed by atoms with van der Waals surface area (Å²) in [5.74, 6) is 2.44. The molecule has 2 fully saturated rings. The summed E-state index contributed by atoms with van der Waals surface area (Å²) in [6, 6.07) is 5.68. The van der Waals surface area contributed by atoms with Gasteiger partial charge in [0.25, 0.3) is 0 Å². The Morgan fingerprint density at radius 1 is 1.28 bits per heavy atom. The molecule has 0 aliphatic heterocycles. The lowest BCUT2D eigenvalue weighted by atomic mass is 9.89. The van der Waals surface area contributed by atoms with Crippen molar-refractivity contribution in [1.29, 1.82) is 0 Å². The lowest BCUT2D eigenvalue weighted by Crippen LogP contribution is -2.27. The molecule has 18 heavy (non-hydrogen) atoms. The molecule has 4 rings (SSSR count). The number of nitrogens with zero attached hydrogens (tertiary/aromatic N) is 3. The van der Waals surface area contributed by atoms with Crippen molar-refractivity contribution < 1.29 is 0 Å². The fourth-order valence-corrected chi connectivity index (χ4v) is 3.91. The van der Waals surface area contributed by atoms with Crippen molar-refractivity contribution in [3.63, 3.8) is 0 Å². The lowest BCUT2D eigenvalue weighted by Gasteiger charge is -2.20. The molecule has 0 saturated heterocycles. The molecule has 94 valence electrons. The van der Waals surface area contributed by atoms with Crippen molar-refractivity contribution >= 4 is 5.65 Å². The van der Waals surface area contributed by atoms with E-state index in [2.05, 4.69) is 5.10 Å². The Hall–Kier alpha value is -1.58. The van der Waals surface area contributed by atoms with E-state index < -0.39 is 0 Å². The number of aromatic nitrogens is 3. The van der Waals surface area contributed by atoms with E-state index in [9.17, 15) is 4.79 Å². The van der Waals surface area contributed by atoms with Crippen LogP contribution in [0.3, 0.4) is 0 Å². The van der Waals surface area contributed by atoms with E-state index in [1.807, 2.05) is 18.2 Å². The molecule has 0 aromatic carbocycles. The molecular weight excluding hydrogens is 226 g/mol. The zero-order valence-electron chi connectivity index (χ0n) is 10.3. The minimum Gasteiger partial charge on any atom is -0.250 e. The molecule has 3 atom stereocenters. The van der Waals surface area contributed by atoms with E-state index in [4.69, 9.17) is 0 Å². The standard InChI is InChI=1S/C14H17N3O/c18-14-16-6-2-1-3-13(16)15-17(14)9-12-8-10-4-5-11(12)7-10/h1-3,6,10-12H,4-5,7-9H2. The number of hydrogen-bond acceptors (Lipinski definition) is 2. The SMILES string of the molecule is O=c1n(CC2CC3CCC2C3)nc2ccccn12. The summed E-state index contributed by atoms with van der Waals surface area (Å²) >= 11 is 0. The maximum Gasteiger partial charge on any atom is 0.350 e.